The summed E-state index contributed by atoms with van der Waals surface area (Å²) in [4.78, 5) is 29.1. The average Bonchev–Trinajstić information content (AvgIpc) is 2.61. The van der Waals surface area contributed by atoms with Gasteiger partial charge in [-0.15, -0.1) is 0 Å². The lowest BCUT2D eigenvalue weighted by molar-refractivity contribution is -0.892. The highest BCUT2D eigenvalue weighted by Crippen LogP contribution is 2.12. The molecule has 1 fully saturated rings. The van der Waals surface area contributed by atoms with Gasteiger partial charge in [-0.1, -0.05) is 25.1 Å². The van der Waals surface area contributed by atoms with Crippen molar-refractivity contribution in [2.45, 2.75) is 13.3 Å². The van der Waals surface area contributed by atoms with Crippen molar-refractivity contribution in [3.63, 3.8) is 0 Å². The van der Waals surface area contributed by atoms with Gasteiger partial charge >= 0.3 is 0 Å². The maximum atomic E-state index is 12.3. The Bertz CT molecular complexity index is 527. The van der Waals surface area contributed by atoms with Gasteiger partial charge in [0.1, 0.15) is 0 Å². The molecule has 0 spiro atoms. The van der Waals surface area contributed by atoms with Crippen molar-refractivity contribution in [2.24, 2.45) is 0 Å². The van der Waals surface area contributed by atoms with Crippen LogP contribution in [0.15, 0.2) is 30.3 Å². The summed E-state index contributed by atoms with van der Waals surface area (Å²) in [6.07, 6.45) is 0.902. The first-order chi connectivity index (χ1) is 11.6. The van der Waals surface area contributed by atoms with Gasteiger partial charge in [-0.3, -0.25) is 9.59 Å². The summed E-state index contributed by atoms with van der Waals surface area (Å²) in [7, 11) is 1.70. The molecule has 6 heteroatoms. The van der Waals surface area contributed by atoms with Crippen LogP contribution in [-0.4, -0.2) is 69.6 Å². The van der Waals surface area contributed by atoms with Gasteiger partial charge in [0.25, 0.3) is 5.91 Å². The summed E-state index contributed by atoms with van der Waals surface area (Å²) in [6, 6.07) is 10.4. The number of amides is 2. The fourth-order valence-electron chi connectivity index (χ4n) is 2.87. The number of piperazine rings is 1. The van der Waals surface area contributed by atoms with Crippen LogP contribution in [0.4, 0.5) is 5.69 Å². The zero-order chi connectivity index (χ0) is 17.4. The SMILES string of the molecule is CCCNC(=O)CN(C)C(=O)C[NH+]1CCN(c2ccccc2)CC1. The predicted molar refractivity (Wildman–Crippen MR) is 95.2 cm³/mol. The third kappa shape index (κ3) is 5.53. The second kappa shape index (κ2) is 9.27. The van der Waals surface area contributed by atoms with Gasteiger partial charge in [0.2, 0.25) is 5.91 Å². The molecule has 2 rings (SSSR count). The van der Waals surface area contributed by atoms with Crippen molar-refractivity contribution >= 4 is 17.5 Å². The van der Waals surface area contributed by atoms with Crippen LogP contribution in [0.25, 0.3) is 0 Å². The minimum absolute atomic E-state index is 0.0322. The van der Waals surface area contributed by atoms with E-state index in [9.17, 15) is 9.59 Å². The van der Waals surface area contributed by atoms with Crippen LogP contribution in [0.1, 0.15) is 13.3 Å². The van der Waals surface area contributed by atoms with E-state index in [0.717, 1.165) is 32.6 Å². The standard InChI is InChI=1S/C18H28N4O2/c1-3-9-19-17(23)14-20(2)18(24)15-21-10-12-22(13-11-21)16-7-5-4-6-8-16/h4-8H,3,9-15H2,1-2H3,(H,19,23)/p+1. The molecule has 132 valence electrons. The Balaban J connectivity index is 1.72. The third-order valence-corrected chi connectivity index (χ3v) is 4.37. The Labute approximate surface area is 144 Å². The molecule has 0 radical (unpaired) electrons. The number of likely N-dealkylation sites (N-methyl/N-ethyl adjacent to an activating group) is 1. The highest BCUT2D eigenvalue weighted by molar-refractivity contribution is 5.84. The smallest absolute Gasteiger partial charge is 0.277 e. The number of hydrogen-bond acceptors (Lipinski definition) is 3. The molecule has 0 bridgehead atoms. The second-order valence-corrected chi connectivity index (χ2v) is 6.35. The van der Waals surface area contributed by atoms with Gasteiger partial charge in [0.05, 0.1) is 32.7 Å². The van der Waals surface area contributed by atoms with E-state index in [-0.39, 0.29) is 18.4 Å². The van der Waals surface area contributed by atoms with E-state index in [1.165, 1.54) is 15.5 Å². The van der Waals surface area contributed by atoms with Crippen molar-refractivity contribution in [1.82, 2.24) is 10.2 Å². The molecular weight excluding hydrogens is 304 g/mol. The molecule has 0 unspecified atom stereocenters. The van der Waals surface area contributed by atoms with Crippen LogP contribution >= 0.6 is 0 Å². The Hall–Kier alpha value is -2.08. The molecule has 1 aliphatic heterocycles. The summed E-state index contributed by atoms with van der Waals surface area (Å²) in [5.74, 6) is -0.0543. The summed E-state index contributed by atoms with van der Waals surface area (Å²) < 4.78 is 0. The molecule has 24 heavy (non-hydrogen) atoms. The molecule has 1 aromatic carbocycles. The van der Waals surface area contributed by atoms with Crippen molar-refractivity contribution in [2.75, 3.05) is 57.8 Å². The second-order valence-electron chi connectivity index (χ2n) is 6.35. The normalized spacial score (nSPS) is 15.2. The molecule has 1 aliphatic rings. The van der Waals surface area contributed by atoms with Crippen LogP contribution in [-0.2, 0) is 9.59 Å². The topological polar surface area (TPSA) is 57.1 Å². The molecule has 1 saturated heterocycles. The van der Waals surface area contributed by atoms with Crippen molar-refractivity contribution in [3.05, 3.63) is 30.3 Å². The fourth-order valence-corrected chi connectivity index (χ4v) is 2.87. The van der Waals surface area contributed by atoms with Crippen molar-refractivity contribution in [3.8, 4) is 0 Å². The number of hydrogen-bond donors (Lipinski definition) is 2. The number of carbonyl (C=O) groups is 2. The van der Waals surface area contributed by atoms with Crippen LogP contribution in [0.2, 0.25) is 0 Å². The zero-order valence-electron chi connectivity index (χ0n) is 14.8. The number of carbonyl (C=O) groups excluding carboxylic acids is 2. The number of nitrogens with zero attached hydrogens (tertiary/aromatic N) is 2. The van der Waals surface area contributed by atoms with E-state index >= 15 is 0 Å². The van der Waals surface area contributed by atoms with Crippen LogP contribution in [0, 0.1) is 0 Å². The summed E-state index contributed by atoms with van der Waals surface area (Å²) >= 11 is 0. The van der Waals surface area contributed by atoms with Gasteiger partial charge in [-0.05, 0) is 18.6 Å². The monoisotopic (exact) mass is 333 g/mol. The number of benzene rings is 1. The average molecular weight is 333 g/mol. The van der Waals surface area contributed by atoms with Gasteiger partial charge in [-0.2, -0.15) is 0 Å². The number of quaternary nitrogens is 1. The lowest BCUT2D eigenvalue weighted by Gasteiger charge is -2.33. The Morgan fingerprint density at radius 1 is 1.21 bits per heavy atom. The molecule has 6 nitrogen and oxygen atoms in total. The molecule has 0 aliphatic carbocycles. The Kier molecular flexibility index (Phi) is 7.06. The zero-order valence-corrected chi connectivity index (χ0v) is 14.8. The lowest BCUT2D eigenvalue weighted by atomic mass is 10.2. The van der Waals surface area contributed by atoms with E-state index < -0.39 is 0 Å². The molecule has 0 aromatic heterocycles. The van der Waals surface area contributed by atoms with Gasteiger partial charge in [0, 0.05) is 19.3 Å². The first kappa shape index (κ1) is 18.3. The van der Waals surface area contributed by atoms with Gasteiger partial charge in [-0.25, -0.2) is 0 Å². The van der Waals surface area contributed by atoms with E-state index in [1.807, 2.05) is 13.0 Å². The van der Waals surface area contributed by atoms with Crippen LogP contribution in [0.5, 0.6) is 0 Å². The predicted octanol–water partition coefficient (Wildman–Crippen LogP) is -0.624. The molecule has 0 saturated carbocycles. The van der Waals surface area contributed by atoms with E-state index in [0.29, 0.717) is 13.1 Å². The van der Waals surface area contributed by atoms with Gasteiger partial charge in [0.15, 0.2) is 6.54 Å². The summed E-state index contributed by atoms with van der Waals surface area (Å²) in [5.41, 5.74) is 1.24. The fraction of sp³-hybridized carbons (Fsp3) is 0.556. The Morgan fingerprint density at radius 3 is 2.50 bits per heavy atom. The van der Waals surface area contributed by atoms with E-state index in [2.05, 4.69) is 34.5 Å². The summed E-state index contributed by atoms with van der Waals surface area (Å²) in [5, 5.41) is 2.80. The first-order valence-corrected chi connectivity index (χ1v) is 8.74. The number of rotatable bonds is 7. The van der Waals surface area contributed by atoms with Crippen molar-refractivity contribution in [1.29, 1.82) is 0 Å². The van der Waals surface area contributed by atoms with Crippen LogP contribution in [0.3, 0.4) is 0 Å². The van der Waals surface area contributed by atoms with E-state index in [4.69, 9.17) is 0 Å². The molecule has 1 aromatic rings. The summed E-state index contributed by atoms with van der Waals surface area (Å²) in [6.45, 7) is 7.05. The number of para-hydroxylation sites is 1. The van der Waals surface area contributed by atoms with E-state index in [1.54, 1.807) is 7.05 Å². The van der Waals surface area contributed by atoms with Crippen LogP contribution < -0.4 is 15.1 Å². The minimum Gasteiger partial charge on any atom is -0.360 e. The largest absolute Gasteiger partial charge is 0.360 e. The minimum atomic E-state index is -0.0865. The highest BCUT2D eigenvalue weighted by atomic mass is 16.2. The molecule has 2 N–H and O–H groups in total. The molecule has 2 amide bonds. The first-order valence-electron chi connectivity index (χ1n) is 8.74. The molecule has 1 heterocycles. The molecule has 0 atom stereocenters. The van der Waals surface area contributed by atoms with Crippen molar-refractivity contribution < 1.29 is 14.5 Å². The third-order valence-electron chi connectivity index (χ3n) is 4.37. The highest BCUT2D eigenvalue weighted by Gasteiger charge is 2.24. The quantitative estimate of drug-likeness (QED) is 0.699. The maximum absolute atomic E-state index is 12.3. The maximum Gasteiger partial charge on any atom is 0.277 e. The number of nitrogens with one attached hydrogen (secondary N) is 2. The molecular formula is C18H29N4O2+. The van der Waals surface area contributed by atoms with Gasteiger partial charge < -0.3 is 20.0 Å². The lowest BCUT2D eigenvalue weighted by Crippen LogP contribution is -3.15. The Morgan fingerprint density at radius 2 is 1.88 bits per heavy atom. The number of anilines is 1.